The standard InChI is InChI=1S/C25H37N5S/c1-19(2)28-15-11-20(12-16-28)29-13-6-14-30(18-17-29)24-10-5-8-22(26-24)25-27-21-7-3-4-9-23(21)31-25/h3-5,7-10,19-20,24-27H,6,11-18H2,1-2H3. The first-order valence-corrected chi connectivity index (χ1v) is 12.9. The number of benzene rings is 1. The Morgan fingerprint density at radius 3 is 2.52 bits per heavy atom. The Balaban J connectivity index is 1.14. The van der Waals surface area contributed by atoms with Crippen LogP contribution in [0.1, 0.15) is 33.1 Å². The highest BCUT2D eigenvalue weighted by Gasteiger charge is 2.31. The van der Waals surface area contributed by atoms with Gasteiger partial charge in [0.25, 0.3) is 0 Å². The number of fused-ring (bicyclic) bond motifs is 1. The molecular formula is C25H37N5S. The first kappa shape index (κ1) is 21.4. The van der Waals surface area contributed by atoms with Crippen LogP contribution in [0.4, 0.5) is 5.69 Å². The summed E-state index contributed by atoms with van der Waals surface area (Å²) in [7, 11) is 0. The summed E-state index contributed by atoms with van der Waals surface area (Å²) in [5.74, 6) is 0. The average Bonchev–Trinajstić information content (AvgIpc) is 3.09. The van der Waals surface area contributed by atoms with E-state index in [0.717, 1.165) is 12.6 Å². The lowest BCUT2D eigenvalue weighted by molar-refractivity contribution is 0.0928. The Kier molecular flexibility index (Phi) is 6.60. The van der Waals surface area contributed by atoms with E-state index in [9.17, 15) is 0 Å². The number of anilines is 1. The molecule has 5 rings (SSSR count). The quantitative estimate of drug-likeness (QED) is 0.743. The first-order valence-electron chi connectivity index (χ1n) is 12.1. The maximum absolute atomic E-state index is 3.83. The molecule has 2 N–H and O–H groups in total. The summed E-state index contributed by atoms with van der Waals surface area (Å²) in [6.07, 6.45) is 11.0. The summed E-state index contributed by atoms with van der Waals surface area (Å²) in [6, 6.07) is 10.1. The van der Waals surface area contributed by atoms with Gasteiger partial charge in [0.2, 0.25) is 0 Å². The van der Waals surface area contributed by atoms with Crippen molar-refractivity contribution in [1.29, 1.82) is 0 Å². The highest BCUT2D eigenvalue weighted by Crippen LogP contribution is 2.40. The highest BCUT2D eigenvalue weighted by molar-refractivity contribution is 8.00. The molecule has 0 amide bonds. The van der Waals surface area contributed by atoms with Gasteiger partial charge in [-0.05, 0) is 77.0 Å². The lowest BCUT2D eigenvalue weighted by Crippen LogP contribution is -2.50. The van der Waals surface area contributed by atoms with E-state index in [0.29, 0.717) is 12.2 Å². The van der Waals surface area contributed by atoms with Gasteiger partial charge in [0.1, 0.15) is 5.37 Å². The number of dihydropyridines is 1. The number of likely N-dealkylation sites (tertiary alicyclic amines) is 1. The molecule has 0 radical (unpaired) electrons. The third-order valence-electron chi connectivity index (χ3n) is 7.29. The number of hydrogen-bond donors (Lipinski definition) is 2. The van der Waals surface area contributed by atoms with E-state index in [2.05, 4.69) is 81.7 Å². The summed E-state index contributed by atoms with van der Waals surface area (Å²) >= 11 is 1.91. The lowest BCUT2D eigenvalue weighted by atomic mass is 10.0. The van der Waals surface area contributed by atoms with Crippen molar-refractivity contribution in [3.8, 4) is 0 Å². The molecule has 0 aromatic heterocycles. The largest absolute Gasteiger partial charge is 0.367 e. The minimum absolute atomic E-state index is 0.277. The molecule has 2 unspecified atom stereocenters. The topological polar surface area (TPSA) is 33.8 Å². The van der Waals surface area contributed by atoms with Crippen molar-refractivity contribution >= 4 is 17.4 Å². The van der Waals surface area contributed by atoms with Crippen LogP contribution < -0.4 is 10.6 Å². The number of nitrogens with zero attached hydrogens (tertiary/aromatic N) is 3. The fourth-order valence-corrected chi connectivity index (χ4v) is 6.53. The summed E-state index contributed by atoms with van der Waals surface area (Å²) in [5, 5.41) is 7.78. The highest BCUT2D eigenvalue weighted by atomic mass is 32.2. The minimum atomic E-state index is 0.277. The summed E-state index contributed by atoms with van der Waals surface area (Å²) in [5.41, 5.74) is 2.54. The molecule has 2 saturated heterocycles. The van der Waals surface area contributed by atoms with Crippen LogP contribution >= 0.6 is 11.8 Å². The zero-order valence-electron chi connectivity index (χ0n) is 19.0. The number of allylic oxidation sites excluding steroid dienone is 2. The molecule has 4 aliphatic heterocycles. The Labute approximate surface area is 191 Å². The van der Waals surface area contributed by atoms with Crippen LogP contribution in [0.15, 0.2) is 53.1 Å². The molecule has 1 aromatic carbocycles. The third-order valence-corrected chi connectivity index (χ3v) is 8.51. The fourth-order valence-electron chi connectivity index (χ4n) is 5.40. The van der Waals surface area contributed by atoms with Gasteiger partial charge in [0, 0.05) is 48.0 Å². The molecule has 0 bridgehead atoms. The van der Waals surface area contributed by atoms with Crippen LogP contribution in [0.25, 0.3) is 0 Å². The molecule has 5 nitrogen and oxygen atoms in total. The van der Waals surface area contributed by atoms with Crippen LogP contribution in [0, 0.1) is 0 Å². The van der Waals surface area contributed by atoms with Crippen molar-refractivity contribution in [1.82, 2.24) is 20.0 Å². The molecule has 0 spiro atoms. The second-order valence-electron chi connectivity index (χ2n) is 9.52. The summed E-state index contributed by atoms with van der Waals surface area (Å²) in [4.78, 5) is 9.40. The lowest BCUT2D eigenvalue weighted by Gasteiger charge is -2.40. The molecule has 4 aliphatic rings. The van der Waals surface area contributed by atoms with Gasteiger partial charge in [0.15, 0.2) is 0 Å². The third kappa shape index (κ3) is 4.82. The van der Waals surface area contributed by atoms with Crippen LogP contribution in [0.3, 0.4) is 0 Å². The molecule has 4 heterocycles. The number of para-hydroxylation sites is 1. The second kappa shape index (κ2) is 9.57. The van der Waals surface area contributed by atoms with Gasteiger partial charge in [-0.2, -0.15) is 0 Å². The number of hydrogen-bond acceptors (Lipinski definition) is 6. The van der Waals surface area contributed by atoms with Gasteiger partial charge in [-0.3, -0.25) is 9.80 Å². The van der Waals surface area contributed by atoms with E-state index < -0.39 is 0 Å². The van der Waals surface area contributed by atoms with E-state index in [1.54, 1.807) is 0 Å². The van der Waals surface area contributed by atoms with Gasteiger partial charge in [-0.15, -0.1) is 0 Å². The van der Waals surface area contributed by atoms with Crippen molar-refractivity contribution in [2.75, 3.05) is 44.6 Å². The molecule has 6 heteroatoms. The average molecular weight is 440 g/mol. The van der Waals surface area contributed by atoms with Crippen molar-refractivity contribution in [2.45, 2.75) is 61.6 Å². The smallest absolute Gasteiger partial charge is 0.117 e. The normalized spacial score (nSPS) is 28.7. The second-order valence-corrected chi connectivity index (χ2v) is 10.7. The van der Waals surface area contributed by atoms with Crippen molar-refractivity contribution < 1.29 is 0 Å². The van der Waals surface area contributed by atoms with E-state index in [1.165, 1.54) is 68.3 Å². The zero-order chi connectivity index (χ0) is 21.2. The van der Waals surface area contributed by atoms with E-state index >= 15 is 0 Å². The predicted octanol–water partition coefficient (Wildman–Crippen LogP) is 3.78. The van der Waals surface area contributed by atoms with E-state index in [4.69, 9.17) is 0 Å². The molecule has 168 valence electrons. The van der Waals surface area contributed by atoms with Crippen LogP contribution in [0.5, 0.6) is 0 Å². The monoisotopic (exact) mass is 439 g/mol. The van der Waals surface area contributed by atoms with Crippen LogP contribution in [-0.4, -0.2) is 77.6 Å². The Bertz CT molecular complexity index is 789. The maximum Gasteiger partial charge on any atom is 0.117 e. The SMILES string of the molecule is CC(C)N1CCC(N2CCCN(C3C=CC=C(C4Nc5ccccc5S4)N3)CC2)CC1. The molecule has 0 saturated carbocycles. The number of thioether (sulfide) groups is 1. The Hall–Kier alpha value is -1.47. The zero-order valence-corrected chi connectivity index (χ0v) is 19.8. The van der Waals surface area contributed by atoms with Gasteiger partial charge in [-0.1, -0.05) is 30.0 Å². The molecule has 2 atom stereocenters. The Morgan fingerprint density at radius 1 is 0.935 bits per heavy atom. The van der Waals surface area contributed by atoms with E-state index in [1.807, 2.05) is 11.8 Å². The van der Waals surface area contributed by atoms with Crippen LogP contribution in [0.2, 0.25) is 0 Å². The Morgan fingerprint density at radius 2 is 1.71 bits per heavy atom. The van der Waals surface area contributed by atoms with Crippen LogP contribution in [-0.2, 0) is 0 Å². The summed E-state index contributed by atoms with van der Waals surface area (Å²) in [6.45, 7) is 11.9. The maximum atomic E-state index is 3.83. The van der Waals surface area contributed by atoms with Gasteiger partial charge < -0.3 is 15.5 Å². The van der Waals surface area contributed by atoms with E-state index in [-0.39, 0.29) is 5.37 Å². The van der Waals surface area contributed by atoms with Crippen molar-refractivity contribution in [3.63, 3.8) is 0 Å². The molecular weight excluding hydrogens is 402 g/mol. The fraction of sp³-hybridized carbons (Fsp3) is 0.600. The molecule has 2 fully saturated rings. The number of nitrogens with one attached hydrogen (secondary N) is 2. The molecule has 1 aromatic rings. The number of piperidine rings is 1. The molecule has 0 aliphatic carbocycles. The van der Waals surface area contributed by atoms with Gasteiger partial charge in [0.05, 0.1) is 6.17 Å². The molecule has 31 heavy (non-hydrogen) atoms. The van der Waals surface area contributed by atoms with Gasteiger partial charge >= 0.3 is 0 Å². The first-order chi connectivity index (χ1) is 15.2. The van der Waals surface area contributed by atoms with Crippen molar-refractivity contribution in [2.24, 2.45) is 0 Å². The summed E-state index contributed by atoms with van der Waals surface area (Å²) < 4.78 is 0. The minimum Gasteiger partial charge on any atom is -0.367 e. The number of rotatable bonds is 4. The van der Waals surface area contributed by atoms with Crippen molar-refractivity contribution in [3.05, 3.63) is 48.2 Å². The van der Waals surface area contributed by atoms with Gasteiger partial charge in [-0.25, -0.2) is 0 Å². The predicted molar refractivity (Wildman–Crippen MR) is 131 cm³/mol.